The first kappa shape index (κ1) is 17.0. The fourth-order valence-corrected chi connectivity index (χ4v) is 1.89. The third-order valence-corrected chi connectivity index (χ3v) is 2.90. The Kier molecular flexibility index (Phi) is 5.41. The number of hydrogen-bond acceptors (Lipinski definition) is 8. The monoisotopic (exact) mass is 356 g/mol. The van der Waals surface area contributed by atoms with E-state index in [1.165, 1.54) is 12.1 Å². The lowest BCUT2D eigenvalue weighted by Gasteiger charge is -2.06. The van der Waals surface area contributed by atoms with E-state index >= 15 is 0 Å². The topological polar surface area (TPSA) is 104 Å². The molecule has 0 fully saturated rings. The molecule has 0 unspecified atom stereocenters. The SMILES string of the molecule is Cc1cc(Cl)nnc1OC(=O)CC(=O)Oc1nnc(Cl)cc1C. The highest BCUT2D eigenvalue weighted by molar-refractivity contribution is 6.29. The van der Waals surface area contributed by atoms with Gasteiger partial charge in [0.05, 0.1) is 0 Å². The van der Waals surface area contributed by atoms with Crippen molar-refractivity contribution >= 4 is 35.1 Å². The van der Waals surface area contributed by atoms with E-state index in [1.807, 2.05) is 0 Å². The summed E-state index contributed by atoms with van der Waals surface area (Å²) >= 11 is 11.3. The lowest BCUT2D eigenvalue weighted by molar-refractivity contribution is -0.144. The maximum Gasteiger partial charge on any atom is 0.323 e. The maximum atomic E-state index is 11.7. The van der Waals surface area contributed by atoms with Crippen LogP contribution >= 0.6 is 23.2 Å². The number of nitrogens with zero attached hydrogens (tertiary/aromatic N) is 4. The van der Waals surface area contributed by atoms with Crippen molar-refractivity contribution in [3.05, 3.63) is 33.6 Å². The molecular formula is C13H10Cl2N4O4. The smallest absolute Gasteiger partial charge is 0.323 e. The van der Waals surface area contributed by atoms with Crippen LogP contribution in [0.5, 0.6) is 11.8 Å². The van der Waals surface area contributed by atoms with Crippen LogP contribution in [0.4, 0.5) is 0 Å². The first-order chi connectivity index (χ1) is 10.8. The molecule has 0 aliphatic carbocycles. The largest absolute Gasteiger partial charge is 0.405 e. The number of carbonyl (C=O) groups excluding carboxylic acids is 2. The quantitative estimate of drug-likeness (QED) is 0.605. The van der Waals surface area contributed by atoms with Gasteiger partial charge in [0.25, 0.3) is 0 Å². The second-order valence-electron chi connectivity index (χ2n) is 4.44. The molecule has 0 bridgehead atoms. The number of carbonyl (C=O) groups is 2. The molecule has 8 nitrogen and oxygen atoms in total. The lowest BCUT2D eigenvalue weighted by atomic mass is 10.3. The molecule has 2 aromatic heterocycles. The van der Waals surface area contributed by atoms with Crippen LogP contribution in [0.2, 0.25) is 10.3 Å². The number of rotatable bonds is 4. The summed E-state index contributed by atoms with van der Waals surface area (Å²) in [4.78, 5) is 23.4. The van der Waals surface area contributed by atoms with Gasteiger partial charge in [-0.2, -0.15) is 0 Å². The highest BCUT2D eigenvalue weighted by Crippen LogP contribution is 2.18. The van der Waals surface area contributed by atoms with E-state index in [0.29, 0.717) is 11.1 Å². The minimum absolute atomic E-state index is 0.0327. The van der Waals surface area contributed by atoms with Gasteiger partial charge in [0.15, 0.2) is 10.3 Å². The van der Waals surface area contributed by atoms with Crippen molar-refractivity contribution in [1.29, 1.82) is 0 Å². The molecule has 0 spiro atoms. The summed E-state index contributed by atoms with van der Waals surface area (Å²) in [6.45, 7) is 3.27. The molecule has 0 amide bonds. The second kappa shape index (κ2) is 7.30. The first-order valence-electron chi connectivity index (χ1n) is 6.26. The minimum Gasteiger partial charge on any atom is -0.405 e. The van der Waals surface area contributed by atoms with E-state index in [1.54, 1.807) is 13.8 Å². The molecule has 2 rings (SSSR count). The molecule has 0 saturated heterocycles. The van der Waals surface area contributed by atoms with Gasteiger partial charge in [0.1, 0.15) is 6.42 Å². The van der Waals surface area contributed by atoms with Crippen molar-refractivity contribution in [2.24, 2.45) is 0 Å². The van der Waals surface area contributed by atoms with Crippen LogP contribution in [0.1, 0.15) is 17.5 Å². The fraction of sp³-hybridized carbons (Fsp3) is 0.231. The van der Waals surface area contributed by atoms with E-state index in [0.717, 1.165) is 0 Å². The third kappa shape index (κ3) is 4.83. The third-order valence-electron chi connectivity index (χ3n) is 2.53. The van der Waals surface area contributed by atoms with Crippen LogP contribution in [0.25, 0.3) is 0 Å². The van der Waals surface area contributed by atoms with Crippen LogP contribution in [-0.2, 0) is 9.59 Å². The van der Waals surface area contributed by atoms with Gasteiger partial charge in [0.2, 0.25) is 11.8 Å². The number of hydrogen-bond donors (Lipinski definition) is 0. The fourth-order valence-electron chi connectivity index (χ4n) is 1.49. The zero-order valence-corrected chi connectivity index (χ0v) is 13.6. The molecule has 0 aliphatic heterocycles. The Morgan fingerprint density at radius 1 is 0.870 bits per heavy atom. The summed E-state index contributed by atoms with van der Waals surface area (Å²) in [5.74, 6) is -1.77. The molecule has 0 aromatic carbocycles. The molecule has 0 saturated carbocycles. The van der Waals surface area contributed by atoms with Crippen LogP contribution in [0.3, 0.4) is 0 Å². The Bertz CT molecular complexity index is 706. The predicted octanol–water partition coefficient (Wildman–Crippen LogP) is 2.09. The lowest BCUT2D eigenvalue weighted by Crippen LogP contribution is -2.19. The number of esters is 2. The van der Waals surface area contributed by atoms with Gasteiger partial charge < -0.3 is 9.47 Å². The molecule has 23 heavy (non-hydrogen) atoms. The number of ether oxygens (including phenoxy) is 2. The van der Waals surface area contributed by atoms with Gasteiger partial charge in [-0.15, -0.1) is 20.4 Å². The summed E-state index contributed by atoms with van der Waals surface area (Å²) in [5.41, 5.74) is 1.01. The molecule has 0 radical (unpaired) electrons. The molecule has 120 valence electrons. The molecule has 0 N–H and O–H groups in total. The normalized spacial score (nSPS) is 10.3. The highest BCUT2D eigenvalue weighted by Gasteiger charge is 2.18. The van der Waals surface area contributed by atoms with Gasteiger partial charge in [-0.05, 0) is 26.0 Å². The minimum atomic E-state index is -0.853. The molecule has 2 heterocycles. The first-order valence-corrected chi connectivity index (χ1v) is 7.01. The highest BCUT2D eigenvalue weighted by atomic mass is 35.5. The van der Waals surface area contributed by atoms with E-state index in [2.05, 4.69) is 20.4 Å². The van der Waals surface area contributed by atoms with Crippen molar-refractivity contribution in [2.75, 3.05) is 0 Å². The Morgan fingerprint density at radius 2 is 1.26 bits per heavy atom. The summed E-state index contributed by atoms with van der Waals surface area (Å²) < 4.78 is 9.86. The Morgan fingerprint density at radius 3 is 1.61 bits per heavy atom. The average Bonchev–Trinajstić information content (AvgIpc) is 2.45. The van der Waals surface area contributed by atoms with Crippen molar-refractivity contribution in [3.8, 4) is 11.8 Å². The Labute approximate surface area is 140 Å². The number of aryl methyl sites for hydroxylation is 2. The molecule has 2 aromatic rings. The Hall–Kier alpha value is -2.32. The van der Waals surface area contributed by atoms with E-state index < -0.39 is 18.4 Å². The van der Waals surface area contributed by atoms with E-state index in [4.69, 9.17) is 32.7 Å². The maximum absolute atomic E-state index is 11.7. The van der Waals surface area contributed by atoms with Crippen molar-refractivity contribution < 1.29 is 19.1 Å². The van der Waals surface area contributed by atoms with Gasteiger partial charge >= 0.3 is 11.9 Å². The average molecular weight is 357 g/mol. The predicted molar refractivity (Wildman–Crippen MR) is 79.4 cm³/mol. The standard InChI is InChI=1S/C13H10Cl2N4O4/c1-6-3-8(14)16-18-12(6)22-10(20)5-11(21)23-13-7(2)4-9(15)17-19-13/h3-4H,5H2,1-2H3. The van der Waals surface area contributed by atoms with E-state index in [-0.39, 0.29) is 22.1 Å². The van der Waals surface area contributed by atoms with Crippen LogP contribution in [0.15, 0.2) is 12.1 Å². The summed E-state index contributed by atoms with van der Waals surface area (Å²) in [7, 11) is 0. The zero-order valence-electron chi connectivity index (χ0n) is 12.0. The number of halogens is 2. The molecule has 0 atom stereocenters. The van der Waals surface area contributed by atoms with Crippen LogP contribution < -0.4 is 9.47 Å². The molecular weight excluding hydrogens is 347 g/mol. The van der Waals surface area contributed by atoms with Crippen molar-refractivity contribution in [3.63, 3.8) is 0 Å². The van der Waals surface area contributed by atoms with E-state index in [9.17, 15) is 9.59 Å². The zero-order chi connectivity index (χ0) is 17.0. The van der Waals surface area contributed by atoms with Crippen molar-refractivity contribution in [2.45, 2.75) is 20.3 Å². The van der Waals surface area contributed by atoms with Crippen molar-refractivity contribution in [1.82, 2.24) is 20.4 Å². The van der Waals surface area contributed by atoms with Crippen LogP contribution in [0, 0.1) is 13.8 Å². The Balaban J connectivity index is 1.95. The molecule has 10 heteroatoms. The van der Waals surface area contributed by atoms with Crippen LogP contribution in [-0.4, -0.2) is 32.3 Å². The second-order valence-corrected chi connectivity index (χ2v) is 5.21. The molecule has 0 aliphatic rings. The summed E-state index contributed by atoms with van der Waals surface area (Å²) in [5, 5.41) is 14.7. The number of aromatic nitrogens is 4. The summed E-state index contributed by atoms with van der Waals surface area (Å²) in [6.07, 6.45) is -0.631. The van der Waals surface area contributed by atoms with Gasteiger partial charge in [0, 0.05) is 11.1 Å². The van der Waals surface area contributed by atoms with Gasteiger partial charge in [-0.3, -0.25) is 9.59 Å². The summed E-state index contributed by atoms with van der Waals surface area (Å²) in [6, 6.07) is 2.95. The van der Waals surface area contributed by atoms with Gasteiger partial charge in [-0.1, -0.05) is 23.2 Å². The van der Waals surface area contributed by atoms with Gasteiger partial charge in [-0.25, -0.2) is 0 Å².